The monoisotopic (exact) mass is 500 g/mol. The Hall–Kier alpha value is -3.19. The van der Waals surface area contributed by atoms with E-state index in [1.165, 1.54) is 19.3 Å². The lowest BCUT2D eigenvalue weighted by Crippen LogP contribution is -2.53. The van der Waals surface area contributed by atoms with E-state index in [1.54, 1.807) is 6.92 Å². The lowest BCUT2D eigenvalue weighted by atomic mass is 9.92. The van der Waals surface area contributed by atoms with Crippen molar-refractivity contribution in [3.8, 4) is 0 Å². The topological polar surface area (TPSA) is 69.9 Å². The summed E-state index contributed by atoms with van der Waals surface area (Å²) in [6, 6.07) is 16.6. The number of nitrogens with zero attached hydrogens (tertiary/aromatic N) is 4. The minimum Gasteiger partial charge on any atom is -0.356 e. The Morgan fingerprint density at radius 1 is 0.973 bits per heavy atom. The predicted octanol–water partition coefficient (Wildman–Crippen LogP) is 4.79. The molecule has 2 fully saturated rings. The summed E-state index contributed by atoms with van der Waals surface area (Å²) in [5.74, 6) is 0.885. The van der Waals surface area contributed by atoms with E-state index in [4.69, 9.17) is 4.52 Å². The molecule has 3 aliphatic rings. The molecule has 1 saturated heterocycles. The SMILES string of the molecule is CC(=O)N1CCC2CCCC(CN(C(=O)Cc3noc4ccccc34)Cc3ccccc31)N2CC1CC1. The number of aromatic nitrogens is 1. The number of amides is 2. The maximum absolute atomic E-state index is 13.9. The third kappa shape index (κ3) is 5.14. The molecule has 6 rings (SSSR count). The van der Waals surface area contributed by atoms with Crippen molar-refractivity contribution in [1.82, 2.24) is 15.0 Å². The predicted molar refractivity (Wildman–Crippen MR) is 143 cm³/mol. The first-order chi connectivity index (χ1) is 18.1. The van der Waals surface area contributed by atoms with Crippen molar-refractivity contribution in [3.63, 3.8) is 0 Å². The molecule has 2 aromatic carbocycles. The third-order valence-electron chi connectivity index (χ3n) is 8.44. The molecule has 2 atom stereocenters. The number of rotatable bonds is 4. The first kappa shape index (κ1) is 24.2. The summed E-state index contributed by atoms with van der Waals surface area (Å²) in [5, 5.41) is 5.13. The number of carbonyl (C=O) groups excluding carboxylic acids is 2. The van der Waals surface area contributed by atoms with Crippen molar-refractivity contribution in [1.29, 1.82) is 0 Å². The Bertz CT molecular complexity index is 1280. The first-order valence-corrected chi connectivity index (χ1v) is 13.8. The Balaban J connectivity index is 1.35. The zero-order valence-electron chi connectivity index (χ0n) is 21.6. The van der Waals surface area contributed by atoms with Crippen molar-refractivity contribution in [2.24, 2.45) is 5.92 Å². The van der Waals surface area contributed by atoms with Gasteiger partial charge in [0.2, 0.25) is 11.8 Å². The van der Waals surface area contributed by atoms with Gasteiger partial charge in [-0.05, 0) is 61.8 Å². The van der Waals surface area contributed by atoms with Crippen LogP contribution in [-0.2, 0) is 22.6 Å². The molecule has 2 unspecified atom stereocenters. The number of hydrogen-bond donors (Lipinski definition) is 0. The van der Waals surface area contributed by atoms with E-state index in [0.29, 0.717) is 43.0 Å². The van der Waals surface area contributed by atoms with Gasteiger partial charge in [0, 0.05) is 56.3 Å². The van der Waals surface area contributed by atoms with Crippen LogP contribution in [0.4, 0.5) is 5.69 Å². The largest absolute Gasteiger partial charge is 0.356 e. The summed E-state index contributed by atoms with van der Waals surface area (Å²) < 4.78 is 5.49. The van der Waals surface area contributed by atoms with E-state index in [1.807, 2.05) is 52.3 Å². The minimum atomic E-state index is 0.0518. The Morgan fingerprint density at radius 2 is 1.76 bits per heavy atom. The molecule has 2 aliphatic heterocycles. The summed E-state index contributed by atoms with van der Waals surface area (Å²) in [4.78, 5) is 33.4. The number of fused-ring (bicyclic) bond motifs is 4. The highest BCUT2D eigenvalue weighted by atomic mass is 16.5. The normalized spacial score (nSPS) is 22.9. The summed E-state index contributed by atoms with van der Waals surface area (Å²) in [6.07, 6.45) is 7.23. The van der Waals surface area contributed by atoms with Crippen LogP contribution in [-0.4, -0.2) is 58.5 Å². The Morgan fingerprint density at radius 3 is 2.59 bits per heavy atom. The molecular formula is C30H36N4O3. The Kier molecular flexibility index (Phi) is 6.72. The maximum Gasteiger partial charge on any atom is 0.229 e. The number of piperidine rings is 1. The zero-order chi connectivity index (χ0) is 25.4. The summed E-state index contributed by atoms with van der Waals surface area (Å²) >= 11 is 0. The summed E-state index contributed by atoms with van der Waals surface area (Å²) in [6.45, 7) is 4.65. The molecular weight excluding hydrogens is 464 g/mol. The standard InChI is InChI=1S/C30H36N4O3/c1-21(35)33-16-15-24-8-6-9-25(34(24)18-22-13-14-22)20-32(19-23-7-2-4-11-28(23)33)30(36)17-27-26-10-3-5-12-29(26)37-31-27/h2-5,7,10-12,22,24-25H,6,8-9,13-20H2,1H3. The van der Waals surface area contributed by atoms with Gasteiger partial charge < -0.3 is 14.3 Å². The van der Waals surface area contributed by atoms with Crippen molar-refractivity contribution >= 4 is 28.5 Å². The smallest absolute Gasteiger partial charge is 0.229 e. The van der Waals surface area contributed by atoms with Gasteiger partial charge in [0.05, 0.1) is 6.42 Å². The van der Waals surface area contributed by atoms with Crippen LogP contribution in [0.25, 0.3) is 11.0 Å². The number of hydrogen-bond acceptors (Lipinski definition) is 5. The third-order valence-corrected chi connectivity index (χ3v) is 8.44. The van der Waals surface area contributed by atoms with E-state index in [2.05, 4.69) is 16.1 Å². The number of carbonyl (C=O) groups is 2. The summed E-state index contributed by atoms with van der Waals surface area (Å²) in [5.41, 5.74) is 3.33. The van der Waals surface area contributed by atoms with E-state index < -0.39 is 0 Å². The zero-order valence-corrected chi connectivity index (χ0v) is 21.6. The van der Waals surface area contributed by atoms with Crippen LogP contribution >= 0.6 is 0 Å². The van der Waals surface area contributed by atoms with E-state index in [9.17, 15) is 9.59 Å². The molecule has 3 heterocycles. The summed E-state index contributed by atoms with van der Waals surface area (Å²) in [7, 11) is 0. The highest BCUT2D eigenvalue weighted by molar-refractivity contribution is 5.92. The lowest BCUT2D eigenvalue weighted by Gasteiger charge is -2.44. The van der Waals surface area contributed by atoms with Gasteiger partial charge in [0.25, 0.3) is 0 Å². The van der Waals surface area contributed by atoms with Crippen molar-refractivity contribution in [2.45, 2.75) is 70.5 Å². The number of anilines is 1. The fraction of sp³-hybridized carbons (Fsp3) is 0.500. The van der Waals surface area contributed by atoms with Crippen molar-refractivity contribution in [3.05, 3.63) is 59.8 Å². The molecule has 1 aliphatic carbocycles. The second kappa shape index (κ2) is 10.3. The van der Waals surface area contributed by atoms with Crippen molar-refractivity contribution in [2.75, 3.05) is 24.5 Å². The maximum atomic E-state index is 13.9. The van der Waals surface area contributed by atoms with Crippen LogP contribution < -0.4 is 4.90 Å². The fourth-order valence-corrected chi connectivity index (χ4v) is 6.29. The van der Waals surface area contributed by atoms with Crippen LogP contribution in [0.2, 0.25) is 0 Å². The fourth-order valence-electron chi connectivity index (χ4n) is 6.29. The molecule has 7 heteroatoms. The molecule has 0 N–H and O–H groups in total. The number of para-hydroxylation sites is 2. The average molecular weight is 501 g/mol. The Labute approximate surface area is 218 Å². The van der Waals surface area contributed by atoms with Crippen LogP contribution in [0, 0.1) is 5.92 Å². The van der Waals surface area contributed by atoms with E-state index >= 15 is 0 Å². The molecule has 0 spiro atoms. The first-order valence-electron chi connectivity index (χ1n) is 13.8. The molecule has 1 aromatic heterocycles. The van der Waals surface area contributed by atoms with Gasteiger partial charge in [-0.3, -0.25) is 14.5 Å². The molecule has 1 saturated carbocycles. The molecule has 2 bridgehead atoms. The molecule has 7 nitrogen and oxygen atoms in total. The molecule has 0 radical (unpaired) electrons. The van der Waals surface area contributed by atoms with Crippen LogP contribution in [0.5, 0.6) is 0 Å². The van der Waals surface area contributed by atoms with Crippen LogP contribution in [0.3, 0.4) is 0 Å². The second-order valence-electron chi connectivity index (χ2n) is 11.0. The average Bonchev–Trinajstić information content (AvgIpc) is 3.63. The highest BCUT2D eigenvalue weighted by Gasteiger charge is 2.37. The van der Waals surface area contributed by atoms with Gasteiger partial charge >= 0.3 is 0 Å². The van der Waals surface area contributed by atoms with Crippen LogP contribution in [0.1, 0.15) is 56.7 Å². The van der Waals surface area contributed by atoms with Gasteiger partial charge in [0.15, 0.2) is 5.58 Å². The molecule has 37 heavy (non-hydrogen) atoms. The number of benzene rings is 2. The van der Waals surface area contributed by atoms with Gasteiger partial charge in [0.1, 0.15) is 5.69 Å². The highest BCUT2D eigenvalue weighted by Crippen LogP contribution is 2.36. The molecule has 2 amide bonds. The lowest BCUT2D eigenvalue weighted by molar-refractivity contribution is -0.132. The minimum absolute atomic E-state index is 0.0518. The van der Waals surface area contributed by atoms with E-state index in [-0.39, 0.29) is 18.2 Å². The van der Waals surface area contributed by atoms with Crippen LogP contribution in [0.15, 0.2) is 53.1 Å². The quantitative estimate of drug-likeness (QED) is 0.515. The van der Waals surface area contributed by atoms with E-state index in [0.717, 1.165) is 48.4 Å². The van der Waals surface area contributed by atoms with Gasteiger partial charge in [-0.2, -0.15) is 0 Å². The second-order valence-corrected chi connectivity index (χ2v) is 11.0. The van der Waals surface area contributed by atoms with Gasteiger partial charge in [-0.25, -0.2) is 0 Å². The van der Waals surface area contributed by atoms with Gasteiger partial charge in [-0.15, -0.1) is 0 Å². The molecule has 194 valence electrons. The molecule has 3 aromatic rings. The van der Waals surface area contributed by atoms with Crippen molar-refractivity contribution < 1.29 is 14.1 Å². The van der Waals surface area contributed by atoms with Gasteiger partial charge in [-0.1, -0.05) is 41.9 Å².